The van der Waals surface area contributed by atoms with E-state index in [2.05, 4.69) is 0 Å². The topological polar surface area (TPSA) is 49.8 Å². The third-order valence-electron chi connectivity index (χ3n) is 1.84. The second-order valence-corrected chi connectivity index (χ2v) is 3.21. The van der Waals surface area contributed by atoms with E-state index in [0.717, 1.165) is 12.1 Å². The van der Waals surface area contributed by atoms with Crippen molar-refractivity contribution < 1.29 is 13.2 Å². The van der Waals surface area contributed by atoms with Gasteiger partial charge in [0.15, 0.2) is 0 Å². The lowest BCUT2D eigenvalue weighted by Gasteiger charge is -2.12. The molecule has 0 saturated heterocycles. The van der Waals surface area contributed by atoms with Gasteiger partial charge in [-0.2, -0.15) is 18.4 Å². The van der Waals surface area contributed by atoms with Gasteiger partial charge >= 0.3 is 6.18 Å². The fourth-order valence-electron chi connectivity index (χ4n) is 1.14. The van der Waals surface area contributed by atoms with Crippen molar-refractivity contribution in [1.29, 1.82) is 5.26 Å². The van der Waals surface area contributed by atoms with Gasteiger partial charge in [-0.3, -0.25) is 0 Å². The Bertz CT molecular complexity index is 421. The van der Waals surface area contributed by atoms with Gasteiger partial charge in [-0.15, -0.1) is 0 Å². The second kappa shape index (κ2) is 4.09. The smallest absolute Gasteiger partial charge is 0.326 e. The molecular weight excluding hydrogens is 229 g/mol. The Morgan fingerprint density at radius 3 is 2.40 bits per heavy atom. The van der Waals surface area contributed by atoms with Crippen LogP contribution in [0, 0.1) is 11.3 Å². The molecule has 0 unspecified atom stereocenters. The monoisotopic (exact) mass is 234 g/mol. The van der Waals surface area contributed by atoms with Gasteiger partial charge in [0, 0.05) is 6.54 Å². The van der Waals surface area contributed by atoms with Crippen LogP contribution in [0.3, 0.4) is 0 Å². The minimum atomic E-state index is -4.51. The summed E-state index contributed by atoms with van der Waals surface area (Å²) in [5, 5.41) is 8.36. The van der Waals surface area contributed by atoms with Crippen LogP contribution in [-0.2, 0) is 12.7 Å². The minimum Gasteiger partial charge on any atom is -0.326 e. The highest BCUT2D eigenvalue weighted by molar-refractivity contribution is 6.31. The average Bonchev–Trinajstić information content (AvgIpc) is 2.16. The zero-order chi connectivity index (χ0) is 11.6. The van der Waals surface area contributed by atoms with Gasteiger partial charge in [-0.1, -0.05) is 11.6 Å². The Morgan fingerprint density at radius 2 is 2.00 bits per heavy atom. The van der Waals surface area contributed by atoms with Crippen molar-refractivity contribution in [1.82, 2.24) is 0 Å². The van der Waals surface area contributed by atoms with Gasteiger partial charge in [0.05, 0.1) is 16.1 Å². The summed E-state index contributed by atoms with van der Waals surface area (Å²) < 4.78 is 37.4. The van der Waals surface area contributed by atoms with E-state index in [-0.39, 0.29) is 22.7 Å². The number of nitrogens with two attached hydrogens (primary N) is 1. The van der Waals surface area contributed by atoms with Crippen molar-refractivity contribution in [3.05, 3.63) is 33.8 Å². The Labute approximate surface area is 89.1 Å². The number of hydrogen-bond donors (Lipinski definition) is 1. The largest absolute Gasteiger partial charge is 0.416 e. The van der Waals surface area contributed by atoms with E-state index in [1.807, 2.05) is 0 Å². The number of halogens is 4. The lowest BCUT2D eigenvalue weighted by molar-refractivity contribution is -0.138. The molecule has 0 bridgehead atoms. The fraction of sp³-hybridized carbons (Fsp3) is 0.222. The highest BCUT2D eigenvalue weighted by atomic mass is 35.5. The molecule has 0 aliphatic rings. The van der Waals surface area contributed by atoms with Crippen LogP contribution >= 0.6 is 11.6 Å². The molecule has 1 aromatic rings. The zero-order valence-electron chi connectivity index (χ0n) is 7.40. The highest BCUT2D eigenvalue weighted by Gasteiger charge is 2.33. The summed E-state index contributed by atoms with van der Waals surface area (Å²) in [4.78, 5) is 0. The lowest BCUT2D eigenvalue weighted by Crippen LogP contribution is -2.12. The molecule has 80 valence electrons. The summed E-state index contributed by atoms with van der Waals surface area (Å²) in [6.45, 7) is -0.291. The second-order valence-electron chi connectivity index (χ2n) is 2.80. The molecule has 1 rings (SSSR count). The first-order valence-electron chi connectivity index (χ1n) is 3.90. The van der Waals surface area contributed by atoms with Gasteiger partial charge in [0.1, 0.15) is 6.07 Å². The Balaban J connectivity index is 3.42. The number of alkyl halides is 3. The predicted octanol–water partition coefficient (Wildman–Crippen LogP) is 2.69. The average molecular weight is 235 g/mol. The van der Waals surface area contributed by atoms with E-state index in [4.69, 9.17) is 22.6 Å². The molecular formula is C9H6ClF3N2. The molecule has 0 amide bonds. The number of nitriles is 1. The Kier molecular flexibility index (Phi) is 3.22. The SMILES string of the molecule is N#Cc1cc(CN)c(C(F)(F)F)cc1Cl. The molecule has 6 heteroatoms. The molecule has 0 fully saturated rings. The maximum absolute atomic E-state index is 12.5. The number of benzene rings is 1. The Morgan fingerprint density at radius 1 is 1.40 bits per heavy atom. The van der Waals surface area contributed by atoms with Gasteiger partial charge in [-0.25, -0.2) is 0 Å². The molecule has 15 heavy (non-hydrogen) atoms. The van der Waals surface area contributed by atoms with Gasteiger partial charge in [-0.05, 0) is 17.7 Å². The van der Waals surface area contributed by atoms with Crippen LogP contribution in [0.5, 0.6) is 0 Å². The van der Waals surface area contributed by atoms with Crippen molar-refractivity contribution in [2.45, 2.75) is 12.7 Å². The van der Waals surface area contributed by atoms with Crippen LogP contribution in [0.25, 0.3) is 0 Å². The van der Waals surface area contributed by atoms with E-state index >= 15 is 0 Å². The first-order valence-corrected chi connectivity index (χ1v) is 4.27. The molecule has 0 radical (unpaired) electrons. The number of rotatable bonds is 1. The van der Waals surface area contributed by atoms with E-state index < -0.39 is 11.7 Å². The number of nitrogens with zero attached hydrogens (tertiary/aromatic N) is 1. The third kappa shape index (κ3) is 2.41. The quantitative estimate of drug-likeness (QED) is 0.812. The van der Waals surface area contributed by atoms with Crippen LogP contribution in [0.1, 0.15) is 16.7 Å². The molecule has 0 aliphatic carbocycles. The molecule has 0 atom stereocenters. The van der Waals surface area contributed by atoms with Gasteiger partial charge in [0.2, 0.25) is 0 Å². The molecule has 1 aromatic carbocycles. The van der Waals surface area contributed by atoms with Crippen LogP contribution in [-0.4, -0.2) is 0 Å². The van der Waals surface area contributed by atoms with Crippen LogP contribution in [0.15, 0.2) is 12.1 Å². The first kappa shape index (κ1) is 11.8. The number of hydrogen-bond acceptors (Lipinski definition) is 2. The molecule has 2 nitrogen and oxygen atoms in total. The third-order valence-corrected chi connectivity index (χ3v) is 2.15. The summed E-state index contributed by atoms with van der Waals surface area (Å²) >= 11 is 5.50. The summed E-state index contributed by atoms with van der Waals surface area (Å²) in [6.07, 6.45) is -4.51. The maximum atomic E-state index is 12.5. The summed E-state index contributed by atoms with van der Waals surface area (Å²) in [7, 11) is 0. The van der Waals surface area contributed by atoms with E-state index in [9.17, 15) is 13.2 Å². The zero-order valence-corrected chi connectivity index (χ0v) is 8.15. The van der Waals surface area contributed by atoms with E-state index in [1.54, 1.807) is 6.07 Å². The lowest BCUT2D eigenvalue weighted by atomic mass is 10.0. The minimum absolute atomic E-state index is 0.00915. The first-order chi connectivity index (χ1) is 6.90. The maximum Gasteiger partial charge on any atom is 0.416 e. The van der Waals surface area contributed by atoms with Crippen molar-refractivity contribution in [2.24, 2.45) is 5.73 Å². The predicted molar refractivity (Wildman–Crippen MR) is 49.1 cm³/mol. The van der Waals surface area contributed by atoms with Crippen LogP contribution < -0.4 is 5.73 Å². The Hall–Kier alpha value is -1.25. The van der Waals surface area contributed by atoms with Crippen molar-refractivity contribution in [2.75, 3.05) is 0 Å². The molecule has 0 spiro atoms. The van der Waals surface area contributed by atoms with E-state index in [0.29, 0.717) is 0 Å². The highest BCUT2D eigenvalue weighted by Crippen LogP contribution is 2.34. The summed E-state index contributed by atoms with van der Waals surface area (Å²) in [6, 6.07) is 3.48. The summed E-state index contributed by atoms with van der Waals surface area (Å²) in [5.41, 5.74) is 4.13. The standard InChI is InChI=1S/C9H6ClF3N2/c10-8-2-7(9(11,12)13)5(3-14)1-6(8)4-15/h1-2H,3,14H2. The molecule has 0 aliphatic heterocycles. The molecule has 2 N–H and O–H groups in total. The van der Waals surface area contributed by atoms with Gasteiger partial charge < -0.3 is 5.73 Å². The van der Waals surface area contributed by atoms with Gasteiger partial charge in [0.25, 0.3) is 0 Å². The molecule has 0 saturated carbocycles. The van der Waals surface area contributed by atoms with Crippen molar-refractivity contribution in [3.8, 4) is 6.07 Å². The van der Waals surface area contributed by atoms with Crippen LogP contribution in [0.4, 0.5) is 13.2 Å². The summed E-state index contributed by atoms with van der Waals surface area (Å²) in [5.74, 6) is 0. The fourth-order valence-corrected chi connectivity index (χ4v) is 1.34. The van der Waals surface area contributed by atoms with E-state index in [1.165, 1.54) is 0 Å². The van der Waals surface area contributed by atoms with Crippen LogP contribution in [0.2, 0.25) is 5.02 Å². The molecule has 0 aromatic heterocycles. The molecule has 0 heterocycles. The van der Waals surface area contributed by atoms with Crippen molar-refractivity contribution in [3.63, 3.8) is 0 Å². The normalized spacial score (nSPS) is 11.2. The van der Waals surface area contributed by atoms with Crippen molar-refractivity contribution >= 4 is 11.6 Å².